The van der Waals surface area contributed by atoms with E-state index in [4.69, 9.17) is 11.6 Å². The SMILES string of the molecule is Cn1cnnc1-c1cc(F)ccc1-c1cc(Cl)nc(C=O)c1. The molecule has 0 N–H and O–H groups in total. The van der Waals surface area contributed by atoms with Crippen LogP contribution in [0.3, 0.4) is 0 Å². The van der Waals surface area contributed by atoms with Crippen molar-refractivity contribution < 1.29 is 9.18 Å². The van der Waals surface area contributed by atoms with Gasteiger partial charge in [0.15, 0.2) is 12.1 Å². The van der Waals surface area contributed by atoms with Gasteiger partial charge in [-0.3, -0.25) is 4.79 Å². The van der Waals surface area contributed by atoms with Gasteiger partial charge in [0.1, 0.15) is 23.0 Å². The lowest BCUT2D eigenvalue weighted by atomic mass is 9.99. The van der Waals surface area contributed by atoms with Gasteiger partial charge in [0.2, 0.25) is 0 Å². The largest absolute Gasteiger partial charge is 0.317 e. The fraction of sp³-hybridized carbons (Fsp3) is 0.0667. The zero-order chi connectivity index (χ0) is 15.7. The summed E-state index contributed by atoms with van der Waals surface area (Å²) in [5, 5.41) is 8.00. The number of aryl methyl sites for hydroxylation is 1. The molecule has 2 aromatic heterocycles. The summed E-state index contributed by atoms with van der Waals surface area (Å²) in [6.45, 7) is 0. The Morgan fingerprint density at radius 1 is 1.23 bits per heavy atom. The molecule has 0 aliphatic carbocycles. The first-order valence-electron chi connectivity index (χ1n) is 6.35. The predicted molar refractivity (Wildman–Crippen MR) is 80.0 cm³/mol. The van der Waals surface area contributed by atoms with Crippen molar-refractivity contribution in [2.45, 2.75) is 0 Å². The minimum absolute atomic E-state index is 0.188. The van der Waals surface area contributed by atoms with Crippen LogP contribution in [0.4, 0.5) is 4.39 Å². The minimum Gasteiger partial charge on any atom is -0.317 e. The molecule has 3 aromatic rings. The van der Waals surface area contributed by atoms with Crippen molar-refractivity contribution in [3.63, 3.8) is 0 Å². The van der Waals surface area contributed by atoms with E-state index in [1.54, 1.807) is 29.8 Å². The van der Waals surface area contributed by atoms with E-state index < -0.39 is 5.82 Å². The number of halogens is 2. The molecule has 0 unspecified atom stereocenters. The maximum absolute atomic E-state index is 13.7. The Morgan fingerprint density at radius 3 is 2.73 bits per heavy atom. The number of benzene rings is 1. The van der Waals surface area contributed by atoms with Gasteiger partial charge >= 0.3 is 0 Å². The molecule has 0 bridgehead atoms. The summed E-state index contributed by atoms with van der Waals surface area (Å²) < 4.78 is 15.3. The zero-order valence-electron chi connectivity index (χ0n) is 11.5. The van der Waals surface area contributed by atoms with Gasteiger partial charge in [0.05, 0.1) is 0 Å². The van der Waals surface area contributed by atoms with Gasteiger partial charge in [-0.05, 0) is 35.4 Å². The van der Waals surface area contributed by atoms with Crippen molar-refractivity contribution in [2.24, 2.45) is 7.05 Å². The molecule has 0 aliphatic heterocycles. The van der Waals surface area contributed by atoms with E-state index in [9.17, 15) is 9.18 Å². The molecule has 0 saturated carbocycles. The Morgan fingerprint density at radius 2 is 2.05 bits per heavy atom. The number of carbonyl (C=O) groups is 1. The molecule has 0 saturated heterocycles. The third-order valence-electron chi connectivity index (χ3n) is 3.18. The molecule has 7 heteroatoms. The van der Waals surface area contributed by atoms with Crippen molar-refractivity contribution >= 4 is 17.9 Å². The number of hydrogen-bond donors (Lipinski definition) is 0. The fourth-order valence-corrected chi connectivity index (χ4v) is 2.43. The maximum atomic E-state index is 13.7. The standard InChI is InChI=1S/C15H10ClFN4O/c1-21-8-18-20-15(21)13-6-10(17)2-3-12(13)9-4-11(7-22)19-14(16)5-9/h2-8H,1H3. The van der Waals surface area contributed by atoms with Gasteiger partial charge in [-0.25, -0.2) is 9.37 Å². The molecule has 1 aromatic carbocycles. The van der Waals surface area contributed by atoms with Crippen LogP contribution in [0.5, 0.6) is 0 Å². The first-order valence-corrected chi connectivity index (χ1v) is 6.73. The van der Waals surface area contributed by atoms with Crippen molar-refractivity contribution in [2.75, 3.05) is 0 Å². The second-order valence-corrected chi connectivity index (χ2v) is 5.06. The number of carbonyl (C=O) groups excluding carboxylic acids is 1. The highest BCUT2D eigenvalue weighted by Gasteiger charge is 2.14. The van der Waals surface area contributed by atoms with E-state index >= 15 is 0 Å². The van der Waals surface area contributed by atoms with E-state index in [1.807, 2.05) is 0 Å². The van der Waals surface area contributed by atoms with Crippen molar-refractivity contribution in [3.8, 4) is 22.5 Å². The lowest BCUT2D eigenvalue weighted by Crippen LogP contribution is -1.96. The maximum Gasteiger partial charge on any atom is 0.168 e. The average Bonchev–Trinajstić information content (AvgIpc) is 2.92. The molecular weight excluding hydrogens is 307 g/mol. The normalized spacial score (nSPS) is 10.7. The number of pyridine rings is 1. The Labute approximate surface area is 130 Å². The third kappa shape index (κ3) is 2.60. The molecule has 2 heterocycles. The van der Waals surface area contributed by atoms with E-state index in [2.05, 4.69) is 15.2 Å². The van der Waals surface area contributed by atoms with Gasteiger partial charge in [-0.2, -0.15) is 0 Å². The lowest BCUT2D eigenvalue weighted by Gasteiger charge is -2.10. The van der Waals surface area contributed by atoms with Crippen LogP contribution >= 0.6 is 11.6 Å². The number of hydrogen-bond acceptors (Lipinski definition) is 4. The summed E-state index contributed by atoms with van der Waals surface area (Å²) in [7, 11) is 1.76. The highest BCUT2D eigenvalue weighted by Crippen LogP contribution is 2.32. The topological polar surface area (TPSA) is 60.7 Å². The average molecular weight is 317 g/mol. The van der Waals surface area contributed by atoms with Gasteiger partial charge < -0.3 is 4.57 Å². The summed E-state index contributed by atoms with van der Waals surface area (Å²) in [5.41, 5.74) is 2.10. The van der Waals surface area contributed by atoms with Crippen LogP contribution in [0.2, 0.25) is 5.15 Å². The molecule has 22 heavy (non-hydrogen) atoms. The Kier molecular flexibility index (Phi) is 3.68. The highest BCUT2D eigenvalue weighted by atomic mass is 35.5. The van der Waals surface area contributed by atoms with Crippen molar-refractivity contribution in [1.29, 1.82) is 0 Å². The van der Waals surface area contributed by atoms with Gasteiger partial charge in [0.25, 0.3) is 0 Å². The summed E-state index contributed by atoms with van der Waals surface area (Å²) in [4.78, 5) is 14.9. The van der Waals surface area contributed by atoms with Gasteiger partial charge in [-0.1, -0.05) is 17.7 Å². The molecule has 0 aliphatic rings. The Hall–Kier alpha value is -2.60. The summed E-state index contributed by atoms with van der Waals surface area (Å²) in [6.07, 6.45) is 2.14. The molecular formula is C15H10ClFN4O. The summed E-state index contributed by atoms with van der Waals surface area (Å²) in [5.74, 6) is 0.118. The molecule has 0 fully saturated rings. The number of nitrogens with zero attached hydrogens (tertiary/aromatic N) is 4. The second-order valence-electron chi connectivity index (χ2n) is 4.68. The monoisotopic (exact) mass is 316 g/mol. The van der Waals surface area contributed by atoms with Crippen molar-refractivity contribution in [3.05, 3.63) is 53.3 Å². The fourth-order valence-electron chi connectivity index (χ4n) is 2.21. The van der Waals surface area contributed by atoms with Crippen LogP contribution in [-0.4, -0.2) is 26.0 Å². The molecule has 5 nitrogen and oxygen atoms in total. The second kappa shape index (κ2) is 5.65. The molecule has 0 radical (unpaired) electrons. The molecule has 110 valence electrons. The molecule has 0 atom stereocenters. The summed E-state index contributed by atoms with van der Waals surface area (Å²) in [6, 6.07) is 7.52. The molecule has 0 spiro atoms. The lowest BCUT2D eigenvalue weighted by molar-refractivity contribution is 0.111. The third-order valence-corrected chi connectivity index (χ3v) is 3.37. The zero-order valence-corrected chi connectivity index (χ0v) is 12.3. The van der Waals surface area contributed by atoms with Crippen LogP contribution in [-0.2, 0) is 7.05 Å². The molecule has 0 amide bonds. The van der Waals surface area contributed by atoms with Gasteiger partial charge in [-0.15, -0.1) is 10.2 Å². The first kappa shape index (κ1) is 14.3. The Balaban J connectivity index is 2.26. The van der Waals surface area contributed by atoms with Crippen LogP contribution < -0.4 is 0 Å². The smallest absolute Gasteiger partial charge is 0.168 e. The predicted octanol–water partition coefficient (Wildman–Crippen LogP) is 3.15. The van der Waals surface area contributed by atoms with Crippen LogP contribution in [0.25, 0.3) is 22.5 Å². The van der Waals surface area contributed by atoms with E-state index in [0.717, 1.165) is 0 Å². The van der Waals surface area contributed by atoms with E-state index in [1.165, 1.54) is 18.5 Å². The first-order chi connectivity index (χ1) is 10.6. The van der Waals surface area contributed by atoms with Crippen LogP contribution in [0.15, 0.2) is 36.7 Å². The van der Waals surface area contributed by atoms with Crippen LogP contribution in [0.1, 0.15) is 10.5 Å². The van der Waals surface area contributed by atoms with E-state index in [0.29, 0.717) is 28.8 Å². The number of aldehydes is 1. The number of rotatable bonds is 3. The number of aromatic nitrogens is 4. The summed E-state index contributed by atoms with van der Waals surface area (Å²) >= 11 is 5.94. The molecule has 3 rings (SSSR count). The van der Waals surface area contributed by atoms with E-state index in [-0.39, 0.29) is 10.8 Å². The quantitative estimate of drug-likeness (QED) is 0.550. The van der Waals surface area contributed by atoms with Crippen LogP contribution in [0, 0.1) is 5.82 Å². The minimum atomic E-state index is -0.391. The highest BCUT2D eigenvalue weighted by molar-refractivity contribution is 6.29. The Bertz CT molecular complexity index is 862. The van der Waals surface area contributed by atoms with Gasteiger partial charge in [0, 0.05) is 12.6 Å². The van der Waals surface area contributed by atoms with Crippen molar-refractivity contribution in [1.82, 2.24) is 19.7 Å².